The molecule has 0 amide bonds. The van der Waals surface area contributed by atoms with Gasteiger partial charge < -0.3 is 13.9 Å². The minimum Gasteiger partial charge on any atom is -0.490 e. The maximum absolute atomic E-state index is 11.1. The summed E-state index contributed by atoms with van der Waals surface area (Å²) in [4.78, 5) is 22.2. The molecule has 5 heteroatoms. The van der Waals surface area contributed by atoms with Crippen LogP contribution in [0.1, 0.15) is 6.92 Å². The molecular formula is C15H14O5. The number of fused-ring (bicyclic) bond motifs is 1. The van der Waals surface area contributed by atoms with Crippen LogP contribution in [0.15, 0.2) is 51.7 Å². The Morgan fingerprint density at radius 2 is 2.05 bits per heavy atom. The predicted octanol–water partition coefficient (Wildman–Crippen LogP) is 2.29. The molecule has 0 radical (unpaired) electrons. The van der Waals surface area contributed by atoms with Crippen LogP contribution < -0.4 is 10.4 Å². The van der Waals surface area contributed by atoms with Crippen LogP contribution in [0.5, 0.6) is 5.75 Å². The zero-order valence-corrected chi connectivity index (χ0v) is 11.0. The Kier molecular flexibility index (Phi) is 4.55. The lowest BCUT2D eigenvalue weighted by molar-refractivity contribution is -0.138. The smallest absolute Gasteiger partial charge is 0.336 e. The van der Waals surface area contributed by atoms with E-state index in [2.05, 4.69) is 0 Å². The van der Waals surface area contributed by atoms with Crippen LogP contribution in [0, 0.1) is 0 Å². The van der Waals surface area contributed by atoms with Crippen molar-refractivity contribution in [1.29, 1.82) is 0 Å². The van der Waals surface area contributed by atoms with E-state index in [1.54, 1.807) is 37.3 Å². The van der Waals surface area contributed by atoms with Gasteiger partial charge in [0.2, 0.25) is 0 Å². The fraction of sp³-hybridized carbons (Fsp3) is 0.200. The highest BCUT2D eigenvalue weighted by molar-refractivity contribution is 5.81. The fourth-order valence-electron chi connectivity index (χ4n) is 1.62. The highest BCUT2D eigenvalue weighted by atomic mass is 16.6. The first-order chi connectivity index (χ1) is 9.69. The zero-order valence-electron chi connectivity index (χ0n) is 11.0. The highest BCUT2D eigenvalue weighted by Gasteiger charge is 2.01. The number of esters is 1. The molecule has 104 valence electrons. The van der Waals surface area contributed by atoms with Gasteiger partial charge in [-0.3, -0.25) is 0 Å². The van der Waals surface area contributed by atoms with Crippen LogP contribution >= 0.6 is 0 Å². The number of benzene rings is 1. The van der Waals surface area contributed by atoms with E-state index < -0.39 is 11.6 Å². The van der Waals surface area contributed by atoms with Crippen LogP contribution in [-0.4, -0.2) is 19.2 Å². The Morgan fingerprint density at radius 1 is 1.25 bits per heavy atom. The van der Waals surface area contributed by atoms with Gasteiger partial charge in [-0.05, 0) is 25.1 Å². The van der Waals surface area contributed by atoms with Crippen LogP contribution in [0.4, 0.5) is 0 Å². The molecular weight excluding hydrogens is 260 g/mol. The monoisotopic (exact) mass is 274 g/mol. The summed E-state index contributed by atoms with van der Waals surface area (Å²) in [6.45, 7) is 2.12. The van der Waals surface area contributed by atoms with Crippen molar-refractivity contribution in [2.45, 2.75) is 6.92 Å². The molecule has 1 heterocycles. The average molecular weight is 274 g/mol. The SMILES string of the molecule is CC=CC(=O)OCCOc1ccc2ccc(=O)oc2c1. The third-order valence-corrected chi connectivity index (χ3v) is 2.49. The second-order valence-corrected chi connectivity index (χ2v) is 3.97. The molecule has 0 aliphatic rings. The number of hydrogen-bond donors (Lipinski definition) is 0. The maximum atomic E-state index is 11.1. The summed E-state index contributed by atoms with van der Waals surface area (Å²) in [7, 11) is 0. The Hall–Kier alpha value is -2.56. The van der Waals surface area contributed by atoms with Crippen molar-refractivity contribution in [2.75, 3.05) is 13.2 Å². The van der Waals surface area contributed by atoms with Gasteiger partial charge in [0, 0.05) is 23.6 Å². The molecule has 0 atom stereocenters. The van der Waals surface area contributed by atoms with Crippen molar-refractivity contribution in [3.63, 3.8) is 0 Å². The molecule has 20 heavy (non-hydrogen) atoms. The summed E-state index contributed by atoms with van der Waals surface area (Å²) in [6, 6.07) is 8.23. The third kappa shape index (κ3) is 3.71. The van der Waals surface area contributed by atoms with Gasteiger partial charge in [-0.1, -0.05) is 6.08 Å². The molecule has 0 saturated carbocycles. The first-order valence-corrected chi connectivity index (χ1v) is 6.15. The number of carbonyl (C=O) groups excluding carboxylic acids is 1. The van der Waals surface area contributed by atoms with E-state index in [-0.39, 0.29) is 13.2 Å². The van der Waals surface area contributed by atoms with Gasteiger partial charge in [0.15, 0.2) is 0 Å². The van der Waals surface area contributed by atoms with Gasteiger partial charge in [0.05, 0.1) is 0 Å². The number of carbonyl (C=O) groups is 1. The summed E-state index contributed by atoms with van der Waals surface area (Å²) >= 11 is 0. The van der Waals surface area contributed by atoms with E-state index in [1.807, 2.05) is 0 Å². The fourth-order valence-corrected chi connectivity index (χ4v) is 1.62. The summed E-state index contributed by atoms with van der Waals surface area (Å²) < 4.78 is 15.4. The van der Waals surface area contributed by atoms with Crippen molar-refractivity contribution in [3.8, 4) is 5.75 Å². The highest BCUT2D eigenvalue weighted by Crippen LogP contribution is 2.19. The molecule has 0 saturated heterocycles. The van der Waals surface area contributed by atoms with Crippen LogP contribution in [0.3, 0.4) is 0 Å². The summed E-state index contributed by atoms with van der Waals surface area (Å²) in [5, 5.41) is 0.816. The van der Waals surface area contributed by atoms with E-state index in [1.165, 1.54) is 12.1 Å². The van der Waals surface area contributed by atoms with Crippen LogP contribution in [-0.2, 0) is 9.53 Å². The first-order valence-electron chi connectivity index (χ1n) is 6.15. The quantitative estimate of drug-likeness (QED) is 0.362. The molecule has 0 aliphatic heterocycles. The van der Waals surface area contributed by atoms with Crippen LogP contribution in [0.25, 0.3) is 11.0 Å². The van der Waals surface area contributed by atoms with Crippen LogP contribution in [0.2, 0.25) is 0 Å². The maximum Gasteiger partial charge on any atom is 0.336 e. The summed E-state index contributed by atoms with van der Waals surface area (Å²) in [5.74, 6) is 0.148. The predicted molar refractivity (Wildman–Crippen MR) is 73.8 cm³/mol. The largest absolute Gasteiger partial charge is 0.490 e. The van der Waals surface area contributed by atoms with Crippen molar-refractivity contribution in [3.05, 3.63) is 52.9 Å². The number of allylic oxidation sites excluding steroid dienone is 1. The number of ether oxygens (including phenoxy) is 2. The molecule has 0 bridgehead atoms. The van der Waals surface area contributed by atoms with Gasteiger partial charge in [-0.2, -0.15) is 0 Å². The lowest BCUT2D eigenvalue weighted by atomic mass is 10.2. The molecule has 0 unspecified atom stereocenters. The molecule has 1 aromatic carbocycles. The Balaban J connectivity index is 1.93. The van der Waals surface area contributed by atoms with E-state index in [9.17, 15) is 9.59 Å². The van der Waals surface area contributed by atoms with Gasteiger partial charge in [-0.15, -0.1) is 0 Å². The molecule has 1 aromatic heterocycles. The molecule has 2 aromatic rings. The molecule has 0 aliphatic carbocycles. The minimum absolute atomic E-state index is 0.153. The molecule has 2 rings (SSSR count). The Morgan fingerprint density at radius 3 is 2.85 bits per heavy atom. The summed E-state index contributed by atoms with van der Waals surface area (Å²) in [6.07, 6.45) is 2.94. The average Bonchev–Trinajstić information content (AvgIpc) is 2.43. The number of rotatable bonds is 5. The van der Waals surface area contributed by atoms with E-state index in [4.69, 9.17) is 13.9 Å². The second kappa shape index (κ2) is 6.56. The molecule has 0 spiro atoms. The normalized spacial score (nSPS) is 10.8. The first kappa shape index (κ1) is 13.9. The molecule has 0 N–H and O–H groups in total. The second-order valence-electron chi connectivity index (χ2n) is 3.97. The number of hydrogen-bond acceptors (Lipinski definition) is 5. The Bertz CT molecular complexity index is 684. The third-order valence-electron chi connectivity index (χ3n) is 2.49. The zero-order chi connectivity index (χ0) is 14.4. The van der Waals surface area contributed by atoms with E-state index in [0.717, 1.165) is 5.39 Å². The van der Waals surface area contributed by atoms with Crippen molar-refractivity contribution in [2.24, 2.45) is 0 Å². The van der Waals surface area contributed by atoms with Crippen molar-refractivity contribution in [1.82, 2.24) is 0 Å². The standard InChI is InChI=1S/C15H14O5/c1-2-3-14(16)19-9-8-18-12-6-4-11-5-7-15(17)20-13(11)10-12/h2-7,10H,8-9H2,1H3. The van der Waals surface area contributed by atoms with Crippen molar-refractivity contribution >= 4 is 16.9 Å². The molecule has 5 nitrogen and oxygen atoms in total. The van der Waals surface area contributed by atoms with Gasteiger partial charge >= 0.3 is 11.6 Å². The van der Waals surface area contributed by atoms with E-state index in [0.29, 0.717) is 11.3 Å². The van der Waals surface area contributed by atoms with Crippen molar-refractivity contribution < 1.29 is 18.7 Å². The summed E-state index contributed by atoms with van der Waals surface area (Å²) in [5.41, 5.74) is 0.0517. The lowest BCUT2D eigenvalue weighted by Gasteiger charge is -2.06. The van der Waals surface area contributed by atoms with Gasteiger partial charge in [0.1, 0.15) is 24.5 Å². The minimum atomic E-state index is -0.407. The lowest BCUT2D eigenvalue weighted by Crippen LogP contribution is -2.10. The van der Waals surface area contributed by atoms with Gasteiger partial charge in [0.25, 0.3) is 0 Å². The Labute approximate surface area is 115 Å². The van der Waals surface area contributed by atoms with Gasteiger partial charge in [-0.25, -0.2) is 9.59 Å². The molecule has 0 fully saturated rings. The van der Waals surface area contributed by atoms with E-state index >= 15 is 0 Å². The topological polar surface area (TPSA) is 65.7 Å².